The average Bonchev–Trinajstić information content (AvgIpc) is 3.07. The molecule has 2 heterocycles. The highest BCUT2D eigenvalue weighted by atomic mass is 32.3. The molecule has 1 fully saturated rings. The number of benzene rings is 1. The first-order chi connectivity index (χ1) is 15.6. The summed E-state index contributed by atoms with van der Waals surface area (Å²) in [6.07, 6.45) is -6.43. The van der Waals surface area contributed by atoms with Crippen molar-refractivity contribution >= 4 is 27.5 Å². The van der Waals surface area contributed by atoms with Crippen molar-refractivity contribution in [2.45, 2.75) is 43.0 Å². The zero-order valence-corrected chi connectivity index (χ0v) is 19.0. The molecule has 0 bridgehead atoms. The third-order valence-electron chi connectivity index (χ3n) is 5.09. The van der Waals surface area contributed by atoms with E-state index in [-0.39, 0.29) is 35.3 Å². The van der Waals surface area contributed by atoms with Crippen molar-refractivity contribution in [1.29, 1.82) is 0 Å². The summed E-state index contributed by atoms with van der Waals surface area (Å²) in [5.74, 6) is 2.51. The monoisotopic (exact) mass is 511 g/mol. The summed E-state index contributed by atoms with van der Waals surface area (Å²) < 4.78 is 93.6. The summed E-state index contributed by atoms with van der Waals surface area (Å²) in [6, 6.07) is 5.33. The Balaban J connectivity index is 2.03. The molecule has 2 atom stereocenters. The molecule has 1 aliphatic rings. The maximum absolute atomic E-state index is 13.8. The Labute approximate surface area is 193 Å². The molecule has 1 aromatic carbocycles. The third kappa shape index (κ3) is 5.82. The molecule has 2 aromatic rings. The normalized spacial score (nSPS) is 18.4. The number of aromatic nitrogens is 2. The van der Waals surface area contributed by atoms with Crippen molar-refractivity contribution in [3.05, 3.63) is 29.8 Å². The summed E-state index contributed by atoms with van der Waals surface area (Å²) in [4.78, 5) is 8.92. The van der Waals surface area contributed by atoms with Gasteiger partial charge in [0.1, 0.15) is 11.9 Å². The van der Waals surface area contributed by atoms with Crippen LogP contribution < -0.4 is 26.2 Å². The minimum atomic E-state index is -4.74. The summed E-state index contributed by atoms with van der Waals surface area (Å²) in [5.41, 5.74) is 6.16. The van der Waals surface area contributed by atoms with E-state index >= 15 is 0 Å². The number of nitrogens with two attached hydrogens (primary N) is 2. The largest absolute Gasteiger partial charge is 0.451 e. The van der Waals surface area contributed by atoms with E-state index in [2.05, 4.69) is 9.97 Å². The standard InChI is InChI=1S/C19H23F5N6O3S/c1-11(19(22,23)24)33-17-27-15(29-8-7-18(20,21)10-29)14(25)16(28-17)30(26)9-12-5-3-4-6-13(12)34(2,31)32/h3-6,11H,7-10,25-26H2,1-2H3/p+1/t11-/m0/s1. The first-order valence-electron chi connectivity index (χ1n) is 9.94. The SMILES string of the molecule is C[C@H](Oc1nc(N(N)Cc2ccccc2[S+](C)(=O)O)c(N)c(N2CCC(F)(F)C2)n1)C(F)(F)F. The Morgan fingerprint density at radius 2 is 1.97 bits per heavy atom. The number of rotatable bonds is 7. The number of alkyl halides is 5. The molecule has 3 rings (SSSR count). The van der Waals surface area contributed by atoms with Crippen LogP contribution in [-0.2, 0) is 21.0 Å². The van der Waals surface area contributed by atoms with Gasteiger partial charge in [-0.05, 0) is 13.0 Å². The van der Waals surface area contributed by atoms with Gasteiger partial charge in [0.15, 0.2) is 22.6 Å². The molecular formula is C19H24F5N6O3S+. The van der Waals surface area contributed by atoms with E-state index in [1.807, 2.05) is 0 Å². The van der Waals surface area contributed by atoms with Gasteiger partial charge in [0, 0.05) is 18.5 Å². The lowest BCUT2D eigenvalue weighted by molar-refractivity contribution is -0.190. The minimum absolute atomic E-state index is 0.0830. The van der Waals surface area contributed by atoms with E-state index in [1.165, 1.54) is 12.1 Å². The lowest BCUT2D eigenvalue weighted by Gasteiger charge is -2.26. The Bertz CT molecular complexity index is 1100. The van der Waals surface area contributed by atoms with Crippen LogP contribution >= 0.6 is 0 Å². The van der Waals surface area contributed by atoms with E-state index in [0.29, 0.717) is 5.56 Å². The number of halogens is 5. The number of ether oxygens (including phenoxy) is 1. The zero-order chi connectivity index (χ0) is 25.5. The van der Waals surface area contributed by atoms with Crippen molar-refractivity contribution in [2.75, 3.05) is 35.0 Å². The minimum Gasteiger partial charge on any atom is -0.451 e. The molecule has 0 spiro atoms. The molecule has 1 saturated heterocycles. The molecule has 0 radical (unpaired) electrons. The van der Waals surface area contributed by atoms with Crippen molar-refractivity contribution in [1.82, 2.24) is 9.97 Å². The van der Waals surface area contributed by atoms with E-state index in [9.17, 15) is 30.7 Å². The van der Waals surface area contributed by atoms with Gasteiger partial charge in [-0.1, -0.05) is 22.4 Å². The van der Waals surface area contributed by atoms with E-state index < -0.39 is 47.4 Å². The molecule has 0 saturated carbocycles. The van der Waals surface area contributed by atoms with Gasteiger partial charge >= 0.3 is 12.2 Å². The second-order valence-corrected chi connectivity index (χ2v) is 9.98. The summed E-state index contributed by atoms with van der Waals surface area (Å²) in [6.45, 7) is -0.402. The first kappa shape index (κ1) is 25.8. The number of anilines is 3. The number of hydrazine groups is 1. The van der Waals surface area contributed by atoms with Gasteiger partial charge in [-0.25, -0.2) is 14.6 Å². The molecule has 1 aromatic heterocycles. The van der Waals surface area contributed by atoms with Crippen LogP contribution in [0.5, 0.6) is 6.01 Å². The number of nitrogens with zero attached hydrogens (tertiary/aromatic N) is 4. The average molecular weight is 511 g/mol. The molecule has 5 N–H and O–H groups in total. The number of hydrogen-bond acceptors (Lipinski definition) is 8. The van der Waals surface area contributed by atoms with Gasteiger partial charge in [0.05, 0.1) is 13.1 Å². The van der Waals surface area contributed by atoms with Crippen molar-refractivity contribution in [2.24, 2.45) is 5.84 Å². The molecule has 15 heteroatoms. The van der Waals surface area contributed by atoms with Crippen LogP contribution in [0.3, 0.4) is 0 Å². The van der Waals surface area contributed by atoms with Crippen LogP contribution in [0.4, 0.5) is 39.3 Å². The van der Waals surface area contributed by atoms with E-state index in [1.54, 1.807) is 12.1 Å². The van der Waals surface area contributed by atoms with Crippen LogP contribution in [0.15, 0.2) is 29.2 Å². The van der Waals surface area contributed by atoms with Gasteiger partial charge < -0.3 is 15.4 Å². The topological polar surface area (TPSA) is 131 Å². The molecule has 34 heavy (non-hydrogen) atoms. The first-order valence-corrected chi connectivity index (χ1v) is 11.9. The van der Waals surface area contributed by atoms with Crippen molar-refractivity contribution in [3.8, 4) is 6.01 Å². The molecule has 1 aliphatic heterocycles. The van der Waals surface area contributed by atoms with Crippen LogP contribution in [0.1, 0.15) is 18.9 Å². The number of nitrogen functional groups attached to an aromatic ring is 1. The Hall–Kier alpha value is -2.78. The highest BCUT2D eigenvalue weighted by Gasteiger charge is 2.41. The van der Waals surface area contributed by atoms with Gasteiger partial charge in [0.2, 0.25) is 10.2 Å². The number of hydrogen-bond donors (Lipinski definition) is 3. The molecule has 0 amide bonds. The van der Waals surface area contributed by atoms with Crippen molar-refractivity contribution < 1.29 is 35.5 Å². The van der Waals surface area contributed by atoms with Gasteiger partial charge in [0.25, 0.3) is 5.92 Å². The Morgan fingerprint density at radius 1 is 1.32 bits per heavy atom. The summed E-state index contributed by atoms with van der Waals surface area (Å²) >= 11 is 0. The maximum Gasteiger partial charge on any atom is 0.425 e. The van der Waals surface area contributed by atoms with Crippen LogP contribution in [0.25, 0.3) is 0 Å². The lowest BCUT2D eigenvalue weighted by atomic mass is 10.2. The second-order valence-electron chi connectivity index (χ2n) is 7.93. The fraction of sp³-hybridized carbons (Fsp3) is 0.474. The third-order valence-corrected chi connectivity index (χ3v) is 6.30. The molecule has 0 aliphatic carbocycles. The quantitative estimate of drug-likeness (QED) is 0.222. The molecule has 9 nitrogen and oxygen atoms in total. The van der Waals surface area contributed by atoms with Gasteiger partial charge in [-0.15, -0.1) is 0 Å². The summed E-state index contributed by atoms with van der Waals surface area (Å²) in [7, 11) is -3.38. The second kappa shape index (κ2) is 9.11. The predicted octanol–water partition coefficient (Wildman–Crippen LogP) is 3.08. The van der Waals surface area contributed by atoms with Crippen molar-refractivity contribution in [3.63, 3.8) is 0 Å². The van der Waals surface area contributed by atoms with Crippen LogP contribution in [0.2, 0.25) is 0 Å². The Kier molecular flexibility index (Phi) is 6.92. The molecule has 188 valence electrons. The lowest BCUT2D eigenvalue weighted by Crippen LogP contribution is -2.35. The fourth-order valence-corrected chi connectivity index (χ4v) is 4.29. The Morgan fingerprint density at radius 3 is 2.53 bits per heavy atom. The molecular weight excluding hydrogens is 487 g/mol. The molecule has 1 unspecified atom stereocenters. The van der Waals surface area contributed by atoms with E-state index in [4.69, 9.17) is 16.3 Å². The van der Waals surface area contributed by atoms with Crippen LogP contribution in [-0.4, -0.2) is 52.1 Å². The maximum atomic E-state index is 13.8. The van der Waals surface area contributed by atoms with Gasteiger partial charge in [-0.2, -0.15) is 27.7 Å². The predicted molar refractivity (Wildman–Crippen MR) is 116 cm³/mol. The highest BCUT2D eigenvalue weighted by molar-refractivity contribution is 7.97. The summed E-state index contributed by atoms with van der Waals surface area (Å²) in [5, 5.41) is 0.920. The van der Waals surface area contributed by atoms with E-state index in [0.717, 1.165) is 23.1 Å². The zero-order valence-electron chi connectivity index (χ0n) is 18.2. The van der Waals surface area contributed by atoms with Crippen LogP contribution in [0, 0.1) is 0 Å². The highest BCUT2D eigenvalue weighted by Crippen LogP contribution is 2.38. The fourth-order valence-electron chi connectivity index (χ4n) is 3.34. The van der Waals surface area contributed by atoms with Gasteiger partial charge in [-0.3, -0.25) is 5.01 Å². The smallest absolute Gasteiger partial charge is 0.425 e.